The molecule has 128 valence electrons. The van der Waals surface area contributed by atoms with E-state index in [1.54, 1.807) is 22.4 Å². The lowest BCUT2D eigenvalue weighted by Gasteiger charge is -2.28. The van der Waals surface area contributed by atoms with Gasteiger partial charge in [0, 0.05) is 38.6 Å². The molecule has 0 aliphatic carbocycles. The summed E-state index contributed by atoms with van der Waals surface area (Å²) in [4.78, 5) is 20.8. The Balaban J connectivity index is 1.58. The summed E-state index contributed by atoms with van der Waals surface area (Å²) in [6.07, 6.45) is 4.84. The van der Waals surface area contributed by atoms with Crippen LogP contribution < -0.4 is 5.32 Å². The van der Waals surface area contributed by atoms with Crippen molar-refractivity contribution in [2.45, 2.75) is 19.0 Å². The SMILES string of the molecule is CN(C[C@@H]1CCN(C)[C@H]1c1cccnc1)C(=O)NCc1ccsc1. The van der Waals surface area contributed by atoms with E-state index in [1.165, 1.54) is 5.56 Å². The Hall–Kier alpha value is -1.92. The number of aromatic nitrogens is 1. The highest BCUT2D eigenvalue weighted by Gasteiger charge is 2.34. The minimum atomic E-state index is -0.0133. The van der Waals surface area contributed by atoms with Gasteiger partial charge in [-0.1, -0.05) is 6.07 Å². The third-order valence-electron chi connectivity index (χ3n) is 4.68. The van der Waals surface area contributed by atoms with E-state index in [4.69, 9.17) is 0 Å². The minimum Gasteiger partial charge on any atom is -0.334 e. The quantitative estimate of drug-likeness (QED) is 0.907. The van der Waals surface area contributed by atoms with Crippen molar-refractivity contribution in [2.24, 2.45) is 5.92 Å². The van der Waals surface area contributed by atoms with Gasteiger partial charge >= 0.3 is 6.03 Å². The molecule has 2 amide bonds. The van der Waals surface area contributed by atoms with E-state index < -0.39 is 0 Å². The van der Waals surface area contributed by atoms with Gasteiger partial charge in [-0.25, -0.2) is 4.79 Å². The molecule has 0 radical (unpaired) electrons. The average Bonchev–Trinajstić information content (AvgIpc) is 3.23. The zero-order valence-corrected chi connectivity index (χ0v) is 15.0. The van der Waals surface area contributed by atoms with Gasteiger partial charge in [0.15, 0.2) is 0 Å². The topological polar surface area (TPSA) is 48.5 Å². The predicted molar refractivity (Wildman–Crippen MR) is 96.9 cm³/mol. The number of nitrogens with one attached hydrogen (secondary N) is 1. The second kappa shape index (κ2) is 7.77. The first-order valence-corrected chi connectivity index (χ1v) is 9.19. The van der Waals surface area contributed by atoms with Crippen molar-refractivity contribution in [2.75, 3.05) is 27.2 Å². The normalized spacial score (nSPS) is 20.9. The molecular weight excluding hydrogens is 320 g/mol. The molecule has 1 saturated heterocycles. The molecule has 1 N–H and O–H groups in total. The zero-order chi connectivity index (χ0) is 16.9. The number of thiophene rings is 1. The predicted octanol–water partition coefficient (Wildman–Crippen LogP) is 2.98. The highest BCUT2D eigenvalue weighted by molar-refractivity contribution is 7.07. The molecule has 5 nitrogen and oxygen atoms in total. The number of urea groups is 1. The molecule has 1 aliphatic rings. The fraction of sp³-hybridized carbons (Fsp3) is 0.444. The Kier molecular flexibility index (Phi) is 5.48. The third-order valence-corrected chi connectivity index (χ3v) is 5.41. The van der Waals surface area contributed by atoms with E-state index >= 15 is 0 Å². The second-order valence-electron chi connectivity index (χ2n) is 6.43. The zero-order valence-electron chi connectivity index (χ0n) is 14.2. The van der Waals surface area contributed by atoms with Crippen molar-refractivity contribution in [1.82, 2.24) is 20.1 Å². The van der Waals surface area contributed by atoms with E-state index in [0.29, 0.717) is 18.5 Å². The molecule has 6 heteroatoms. The van der Waals surface area contributed by atoms with Crippen LogP contribution in [0.1, 0.15) is 23.6 Å². The van der Waals surface area contributed by atoms with E-state index in [0.717, 1.165) is 25.1 Å². The lowest BCUT2D eigenvalue weighted by atomic mass is 9.94. The summed E-state index contributed by atoms with van der Waals surface area (Å²) in [7, 11) is 4.02. The minimum absolute atomic E-state index is 0.0133. The molecule has 0 unspecified atom stereocenters. The van der Waals surface area contributed by atoms with E-state index in [2.05, 4.69) is 33.7 Å². The van der Waals surface area contributed by atoms with Crippen LogP contribution in [0.15, 0.2) is 41.4 Å². The van der Waals surface area contributed by atoms with Gasteiger partial charge in [0.1, 0.15) is 0 Å². The monoisotopic (exact) mass is 344 g/mol. The van der Waals surface area contributed by atoms with Gasteiger partial charge in [0.05, 0.1) is 0 Å². The molecule has 1 aliphatic heterocycles. The third kappa shape index (κ3) is 3.94. The van der Waals surface area contributed by atoms with Crippen molar-refractivity contribution < 1.29 is 4.79 Å². The Morgan fingerprint density at radius 2 is 2.38 bits per heavy atom. The van der Waals surface area contributed by atoms with E-state index in [1.807, 2.05) is 30.8 Å². The van der Waals surface area contributed by atoms with Crippen LogP contribution in [-0.2, 0) is 6.54 Å². The summed E-state index contributed by atoms with van der Waals surface area (Å²) in [5.74, 6) is 0.427. The highest BCUT2D eigenvalue weighted by Crippen LogP contribution is 2.36. The van der Waals surface area contributed by atoms with Crippen LogP contribution >= 0.6 is 11.3 Å². The Bertz CT molecular complexity index is 646. The maximum Gasteiger partial charge on any atom is 0.317 e. The van der Waals surface area contributed by atoms with Crippen molar-refractivity contribution in [3.05, 3.63) is 52.5 Å². The highest BCUT2D eigenvalue weighted by atomic mass is 32.1. The molecular formula is C18H24N4OS. The Morgan fingerprint density at radius 1 is 1.50 bits per heavy atom. The van der Waals surface area contributed by atoms with Crippen LogP contribution in [0.5, 0.6) is 0 Å². The second-order valence-corrected chi connectivity index (χ2v) is 7.21. The molecule has 24 heavy (non-hydrogen) atoms. The fourth-order valence-electron chi connectivity index (χ4n) is 3.44. The van der Waals surface area contributed by atoms with Gasteiger partial charge < -0.3 is 10.2 Å². The summed E-state index contributed by atoms with van der Waals surface area (Å²) in [5.41, 5.74) is 2.38. The van der Waals surface area contributed by atoms with Crippen molar-refractivity contribution >= 4 is 17.4 Å². The van der Waals surface area contributed by atoms with Gasteiger partial charge in [0.25, 0.3) is 0 Å². The van der Waals surface area contributed by atoms with Crippen LogP contribution in [0, 0.1) is 5.92 Å². The summed E-state index contributed by atoms with van der Waals surface area (Å²) in [6.45, 7) is 2.39. The Morgan fingerprint density at radius 3 is 3.08 bits per heavy atom. The summed E-state index contributed by atoms with van der Waals surface area (Å²) >= 11 is 1.65. The largest absolute Gasteiger partial charge is 0.334 e. The molecule has 0 saturated carbocycles. The van der Waals surface area contributed by atoms with Crippen LogP contribution in [-0.4, -0.2) is 48.0 Å². The maximum absolute atomic E-state index is 12.3. The molecule has 3 rings (SSSR count). The summed E-state index contributed by atoms with van der Waals surface area (Å²) < 4.78 is 0. The number of amides is 2. The first-order chi connectivity index (χ1) is 11.6. The molecule has 2 aromatic rings. The van der Waals surface area contributed by atoms with Crippen LogP contribution in [0.2, 0.25) is 0 Å². The smallest absolute Gasteiger partial charge is 0.317 e. The van der Waals surface area contributed by atoms with Gasteiger partial charge in [0.2, 0.25) is 0 Å². The number of carbonyl (C=O) groups is 1. The fourth-order valence-corrected chi connectivity index (χ4v) is 4.10. The number of carbonyl (C=O) groups excluding carboxylic acids is 1. The average molecular weight is 344 g/mol. The molecule has 1 fully saturated rings. The summed E-state index contributed by atoms with van der Waals surface area (Å²) in [5, 5.41) is 7.08. The lowest BCUT2D eigenvalue weighted by Crippen LogP contribution is -2.40. The van der Waals surface area contributed by atoms with Gasteiger partial charge in [-0.3, -0.25) is 9.88 Å². The van der Waals surface area contributed by atoms with Crippen LogP contribution in [0.3, 0.4) is 0 Å². The summed E-state index contributed by atoms with van der Waals surface area (Å²) in [6, 6.07) is 6.46. The standard InChI is InChI=1S/C18H24N4OS/c1-21-8-5-16(17(21)15-4-3-7-19-11-15)12-22(2)18(23)20-10-14-6-9-24-13-14/h3-4,6-7,9,11,13,16-17H,5,8,10,12H2,1-2H3,(H,20,23)/t16-,17-/m0/s1. The number of hydrogen-bond donors (Lipinski definition) is 1. The number of likely N-dealkylation sites (tertiary alicyclic amines) is 1. The molecule has 0 bridgehead atoms. The van der Waals surface area contributed by atoms with Crippen molar-refractivity contribution in [3.8, 4) is 0 Å². The van der Waals surface area contributed by atoms with Gasteiger partial charge in [-0.15, -0.1) is 0 Å². The van der Waals surface area contributed by atoms with Gasteiger partial charge in [-0.2, -0.15) is 11.3 Å². The van der Waals surface area contributed by atoms with Crippen LogP contribution in [0.4, 0.5) is 4.79 Å². The lowest BCUT2D eigenvalue weighted by molar-refractivity contribution is 0.189. The van der Waals surface area contributed by atoms with E-state index in [9.17, 15) is 4.79 Å². The first kappa shape index (κ1) is 16.9. The van der Waals surface area contributed by atoms with Gasteiger partial charge in [-0.05, 0) is 60.0 Å². The molecule has 3 heterocycles. The molecule has 2 aromatic heterocycles. The number of pyridine rings is 1. The number of nitrogens with zero attached hydrogens (tertiary/aromatic N) is 3. The number of rotatable bonds is 5. The molecule has 2 atom stereocenters. The Labute approximate surface area is 147 Å². The maximum atomic E-state index is 12.3. The number of hydrogen-bond acceptors (Lipinski definition) is 4. The van der Waals surface area contributed by atoms with Crippen molar-refractivity contribution in [3.63, 3.8) is 0 Å². The van der Waals surface area contributed by atoms with E-state index in [-0.39, 0.29) is 6.03 Å². The van der Waals surface area contributed by atoms with Crippen molar-refractivity contribution in [1.29, 1.82) is 0 Å². The molecule has 0 aromatic carbocycles. The first-order valence-electron chi connectivity index (χ1n) is 8.25. The van der Waals surface area contributed by atoms with Crippen LogP contribution in [0.25, 0.3) is 0 Å². The molecule has 0 spiro atoms.